The summed E-state index contributed by atoms with van der Waals surface area (Å²) in [5.41, 5.74) is -1.44. The van der Waals surface area contributed by atoms with Gasteiger partial charge in [-0.2, -0.15) is 0 Å². The molecule has 2 aliphatic carbocycles. The fourth-order valence-corrected chi connectivity index (χ4v) is 3.88. The largest absolute Gasteiger partial charge is 0.390 e. The average molecular weight is 268 g/mol. The first-order valence-electron chi connectivity index (χ1n) is 6.94. The summed E-state index contributed by atoms with van der Waals surface area (Å²) in [6.45, 7) is 7.25. The number of carbonyl (C=O) groups excluding carboxylic acids is 1. The van der Waals surface area contributed by atoms with Crippen molar-refractivity contribution < 1.29 is 20.1 Å². The molecule has 0 bridgehead atoms. The fourth-order valence-electron chi connectivity index (χ4n) is 3.88. The Labute approximate surface area is 114 Å². The van der Waals surface area contributed by atoms with Gasteiger partial charge in [0.2, 0.25) is 0 Å². The third kappa shape index (κ3) is 1.81. The van der Waals surface area contributed by atoms with Crippen molar-refractivity contribution in [1.82, 2.24) is 0 Å². The maximum Gasteiger partial charge on any atom is 0.158 e. The van der Waals surface area contributed by atoms with E-state index in [0.29, 0.717) is 12.0 Å². The Hall–Kier alpha value is -0.710. The van der Waals surface area contributed by atoms with Crippen molar-refractivity contribution in [3.05, 3.63) is 11.6 Å². The van der Waals surface area contributed by atoms with Crippen LogP contribution in [0.5, 0.6) is 0 Å². The van der Waals surface area contributed by atoms with E-state index in [0.717, 1.165) is 0 Å². The van der Waals surface area contributed by atoms with Crippen molar-refractivity contribution in [2.24, 2.45) is 17.3 Å². The summed E-state index contributed by atoms with van der Waals surface area (Å²) in [5.74, 6) is -0.512. The molecule has 0 radical (unpaired) electrons. The molecule has 4 heteroatoms. The molecule has 2 rings (SSSR count). The van der Waals surface area contributed by atoms with E-state index in [1.807, 2.05) is 19.9 Å². The Balaban J connectivity index is 2.52. The van der Waals surface area contributed by atoms with Gasteiger partial charge in [0.25, 0.3) is 0 Å². The number of carbonyl (C=O) groups is 1. The van der Waals surface area contributed by atoms with Gasteiger partial charge in [-0.25, -0.2) is 0 Å². The van der Waals surface area contributed by atoms with Crippen LogP contribution in [-0.4, -0.2) is 38.9 Å². The molecule has 0 aromatic carbocycles. The molecular weight excluding hydrogens is 244 g/mol. The molecule has 19 heavy (non-hydrogen) atoms. The van der Waals surface area contributed by atoms with Gasteiger partial charge in [0.15, 0.2) is 5.78 Å². The van der Waals surface area contributed by atoms with Crippen LogP contribution in [0, 0.1) is 17.3 Å². The Morgan fingerprint density at radius 2 is 1.89 bits per heavy atom. The minimum absolute atomic E-state index is 0.00995. The third-order valence-electron chi connectivity index (χ3n) is 5.37. The van der Waals surface area contributed by atoms with Gasteiger partial charge < -0.3 is 15.3 Å². The maximum absolute atomic E-state index is 12.1. The number of hydrogen-bond donors (Lipinski definition) is 3. The minimum Gasteiger partial charge on any atom is -0.390 e. The number of rotatable bonds is 1. The van der Waals surface area contributed by atoms with Crippen LogP contribution >= 0.6 is 0 Å². The predicted molar refractivity (Wildman–Crippen MR) is 71.4 cm³/mol. The quantitative estimate of drug-likeness (QED) is 0.664. The molecule has 0 spiro atoms. The van der Waals surface area contributed by atoms with Crippen molar-refractivity contribution in [1.29, 1.82) is 0 Å². The van der Waals surface area contributed by atoms with Crippen LogP contribution in [0.2, 0.25) is 0 Å². The summed E-state index contributed by atoms with van der Waals surface area (Å²) in [4.78, 5) is 12.1. The van der Waals surface area contributed by atoms with E-state index in [9.17, 15) is 20.1 Å². The third-order valence-corrected chi connectivity index (χ3v) is 5.37. The topological polar surface area (TPSA) is 77.8 Å². The molecule has 108 valence electrons. The molecule has 0 heterocycles. The van der Waals surface area contributed by atoms with Gasteiger partial charge in [-0.3, -0.25) is 4.79 Å². The van der Waals surface area contributed by atoms with E-state index >= 15 is 0 Å². The number of Topliss-reactive ketones (excluding diaryl/α,β-unsaturated/α-hetero) is 1. The van der Waals surface area contributed by atoms with Gasteiger partial charge in [0.1, 0.15) is 6.10 Å². The molecule has 0 amide bonds. The Morgan fingerprint density at radius 3 is 2.42 bits per heavy atom. The van der Waals surface area contributed by atoms with Crippen LogP contribution in [0.1, 0.15) is 40.5 Å². The average Bonchev–Trinajstić information content (AvgIpc) is 2.42. The lowest BCUT2D eigenvalue weighted by Gasteiger charge is -2.39. The molecule has 1 saturated carbocycles. The standard InChI is InChI=1S/C15H24O4/c1-8(2)15(19)11-6-5-9(3)10(16)7-14(11,4)12(17)13(15)18/h5,8,11-13,17-19H,6-7H2,1-4H3/t11-,12-,13+,14-,15-/m0/s1. The van der Waals surface area contributed by atoms with Crippen LogP contribution in [0.25, 0.3) is 0 Å². The summed E-state index contributed by atoms with van der Waals surface area (Å²) in [6, 6.07) is 0. The lowest BCUT2D eigenvalue weighted by Crippen LogP contribution is -2.50. The summed E-state index contributed by atoms with van der Waals surface area (Å²) in [6.07, 6.45) is 0.232. The maximum atomic E-state index is 12.1. The molecule has 4 nitrogen and oxygen atoms in total. The second-order valence-corrected chi connectivity index (χ2v) is 6.71. The van der Waals surface area contributed by atoms with E-state index in [4.69, 9.17) is 0 Å². The minimum atomic E-state index is -1.35. The molecule has 2 aliphatic rings. The molecule has 0 aromatic rings. The van der Waals surface area contributed by atoms with Gasteiger partial charge >= 0.3 is 0 Å². The zero-order valence-electron chi connectivity index (χ0n) is 12.1. The molecule has 0 aliphatic heterocycles. The van der Waals surface area contributed by atoms with E-state index < -0.39 is 23.2 Å². The van der Waals surface area contributed by atoms with Crippen molar-refractivity contribution >= 4 is 5.78 Å². The summed E-state index contributed by atoms with van der Waals surface area (Å²) < 4.78 is 0. The number of ketones is 1. The monoisotopic (exact) mass is 268 g/mol. The first-order chi connectivity index (χ1) is 8.65. The van der Waals surface area contributed by atoms with Crippen LogP contribution in [0.15, 0.2) is 11.6 Å². The lowest BCUT2D eigenvalue weighted by atomic mass is 9.68. The molecule has 0 saturated heterocycles. The molecule has 3 N–H and O–H groups in total. The highest BCUT2D eigenvalue weighted by molar-refractivity contribution is 5.95. The number of aliphatic hydroxyl groups is 3. The predicted octanol–water partition coefficient (Wildman–Crippen LogP) is 1.04. The zero-order chi connectivity index (χ0) is 14.6. The highest BCUT2D eigenvalue weighted by Crippen LogP contribution is 2.56. The fraction of sp³-hybridized carbons (Fsp3) is 0.800. The lowest BCUT2D eigenvalue weighted by molar-refractivity contribution is -0.130. The van der Waals surface area contributed by atoms with Crippen LogP contribution < -0.4 is 0 Å². The Bertz CT molecular complexity index is 428. The normalized spacial score (nSPS) is 47.1. The van der Waals surface area contributed by atoms with Crippen molar-refractivity contribution in [2.75, 3.05) is 0 Å². The first kappa shape index (κ1) is 14.7. The van der Waals surface area contributed by atoms with Gasteiger partial charge in [-0.1, -0.05) is 26.8 Å². The van der Waals surface area contributed by atoms with Gasteiger partial charge in [-0.15, -0.1) is 0 Å². The van der Waals surface area contributed by atoms with Crippen molar-refractivity contribution in [2.45, 2.75) is 58.3 Å². The number of hydrogen-bond acceptors (Lipinski definition) is 4. The van der Waals surface area contributed by atoms with Crippen molar-refractivity contribution in [3.63, 3.8) is 0 Å². The van der Waals surface area contributed by atoms with Crippen LogP contribution in [0.3, 0.4) is 0 Å². The van der Waals surface area contributed by atoms with E-state index in [2.05, 4.69) is 0 Å². The zero-order valence-corrected chi connectivity index (χ0v) is 12.1. The smallest absolute Gasteiger partial charge is 0.158 e. The molecule has 0 unspecified atom stereocenters. The van der Waals surface area contributed by atoms with Gasteiger partial charge in [0, 0.05) is 17.8 Å². The Morgan fingerprint density at radius 1 is 1.32 bits per heavy atom. The highest BCUT2D eigenvalue weighted by Gasteiger charge is 2.66. The van der Waals surface area contributed by atoms with Gasteiger partial charge in [0.05, 0.1) is 11.7 Å². The van der Waals surface area contributed by atoms with E-state index in [-0.39, 0.29) is 24.0 Å². The molecule has 5 atom stereocenters. The number of allylic oxidation sites excluding steroid dienone is 2. The highest BCUT2D eigenvalue weighted by atomic mass is 16.4. The SMILES string of the molecule is CC1=CC[C@H]2[C@](C)(CC1=O)[C@@H](O)[C@@H](O)[C@]2(O)C(C)C. The number of fused-ring (bicyclic) bond motifs is 1. The van der Waals surface area contributed by atoms with Crippen LogP contribution in [-0.2, 0) is 4.79 Å². The number of aliphatic hydroxyl groups excluding tert-OH is 2. The molecular formula is C15H24O4. The molecule has 1 fully saturated rings. The Kier molecular flexibility index (Phi) is 3.40. The van der Waals surface area contributed by atoms with E-state index in [1.54, 1.807) is 13.8 Å². The van der Waals surface area contributed by atoms with Gasteiger partial charge in [-0.05, 0) is 24.8 Å². The summed E-state index contributed by atoms with van der Waals surface area (Å²) >= 11 is 0. The first-order valence-corrected chi connectivity index (χ1v) is 6.94. The molecule has 0 aromatic heterocycles. The summed E-state index contributed by atoms with van der Waals surface area (Å²) in [5, 5.41) is 31.6. The summed E-state index contributed by atoms with van der Waals surface area (Å²) in [7, 11) is 0. The second-order valence-electron chi connectivity index (χ2n) is 6.71. The van der Waals surface area contributed by atoms with E-state index in [1.165, 1.54) is 0 Å². The van der Waals surface area contributed by atoms with Crippen molar-refractivity contribution in [3.8, 4) is 0 Å². The van der Waals surface area contributed by atoms with Crippen LogP contribution in [0.4, 0.5) is 0 Å². The second kappa shape index (κ2) is 4.40.